The molecule has 1 aliphatic heterocycles. The van der Waals surface area contributed by atoms with Crippen LogP contribution < -0.4 is 0 Å². The summed E-state index contributed by atoms with van der Waals surface area (Å²) in [5, 5.41) is 8.89. The van der Waals surface area contributed by atoms with Crippen molar-refractivity contribution in [3.63, 3.8) is 0 Å². The Balaban J connectivity index is 2.62. The maximum absolute atomic E-state index is 10.8. The van der Waals surface area contributed by atoms with Gasteiger partial charge in [-0.2, -0.15) is 0 Å². The number of hydrogen-bond acceptors (Lipinski definition) is 3. The van der Waals surface area contributed by atoms with Gasteiger partial charge in [-0.15, -0.1) is 0 Å². The molecule has 1 aliphatic rings. The number of nitrogens with zero attached hydrogens (tertiary/aromatic N) is 2. The lowest BCUT2D eigenvalue weighted by Gasteiger charge is -2.47. The maximum Gasteiger partial charge on any atom is 0.304 e. The van der Waals surface area contributed by atoms with Crippen LogP contribution in [0.15, 0.2) is 0 Å². The summed E-state index contributed by atoms with van der Waals surface area (Å²) in [5.41, 5.74) is 0.143. The van der Waals surface area contributed by atoms with Gasteiger partial charge in [0.15, 0.2) is 0 Å². The van der Waals surface area contributed by atoms with Gasteiger partial charge in [0.05, 0.1) is 6.42 Å². The van der Waals surface area contributed by atoms with Crippen molar-refractivity contribution in [2.24, 2.45) is 0 Å². The molecule has 1 atom stereocenters. The molecule has 1 N–H and O–H groups in total. The van der Waals surface area contributed by atoms with Gasteiger partial charge < -0.3 is 5.11 Å². The zero-order valence-electron chi connectivity index (χ0n) is 10.9. The van der Waals surface area contributed by atoms with Gasteiger partial charge in [0.25, 0.3) is 0 Å². The summed E-state index contributed by atoms with van der Waals surface area (Å²) >= 11 is 0. The molecule has 1 fully saturated rings. The van der Waals surface area contributed by atoms with Crippen molar-refractivity contribution in [3.05, 3.63) is 0 Å². The summed E-state index contributed by atoms with van der Waals surface area (Å²) in [6, 6.07) is 0.186. The Morgan fingerprint density at radius 1 is 1.44 bits per heavy atom. The highest BCUT2D eigenvalue weighted by molar-refractivity contribution is 5.67. The number of piperazine rings is 1. The number of likely N-dealkylation sites (N-methyl/N-ethyl adjacent to an activating group) is 1. The van der Waals surface area contributed by atoms with Gasteiger partial charge in [0.2, 0.25) is 0 Å². The van der Waals surface area contributed by atoms with Crippen LogP contribution in [-0.4, -0.2) is 59.1 Å². The number of rotatable bonds is 4. The van der Waals surface area contributed by atoms with Crippen LogP contribution in [0.25, 0.3) is 0 Å². The number of carbonyl (C=O) groups is 1. The summed E-state index contributed by atoms with van der Waals surface area (Å²) < 4.78 is 0. The third-order valence-electron chi connectivity index (χ3n) is 3.74. The summed E-state index contributed by atoms with van der Waals surface area (Å²) in [7, 11) is 2.13. The van der Waals surface area contributed by atoms with E-state index in [4.69, 9.17) is 5.11 Å². The van der Waals surface area contributed by atoms with Crippen LogP contribution in [-0.2, 0) is 4.79 Å². The van der Waals surface area contributed by atoms with Gasteiger partial charge in [-0.05, 0) is 27.3 Å². The molecule has 16 heavy (non-hydrogen) atoms. The minimum absolute atomic E-state index is 0.143. The van der Waals surface area contributed by atoms with E-state index in [0.717, 1.165) is 26.1 Å². The molecule has 4 nitrogen and oxygen atoms in total. The third-order valence-corrected chi connectivity index (χ3v) is 3.74. The predicted molar refractivity (Wildman–Crippen MR) is 64.6 cm³/mol. The normalized spacial score (nSPS) is 24.2. The minimum atomic E-state index is -0.691. The molecule has 1 rings (SSSR count). The molecule has 94 valence electrons. The van der Waals surface area contributed by atoms with Crippen LogP contribution in [0, 0.1) is 0 Å². The first-order chi connectivity index (χ1) is 7.36. The zero-order valence-corrected chi connectivity index (χ0v) is 10.9. The van der Waals surface area contributed by atoms with Gasteiger partial charge in [-0.1, -0.05) is 6.92 Å². The van der Waals surface area contributed by atoms with Crippen LogP contribution in [0.1, 0.15) is 33.6 Å². The van der Waals surface area contributed by atoms with E-state index in [1.807, 2.05) is 0 Å². The molecule has 0 aliphatic carbocycles. The fraction of sp³-hybridized carbons (Fsp3) is 0.917. The van der Waals surface area contributed by atoms with E-state index in [0.29, 0.717) is 0 Å². The molecule has 0 bridgehead atoms. The molecule has 0 aromatic carbocycles. The zero-order chi connectivity index (χ0) is 12.3. The largest absolute Gasteiger partial charge is 0.481 e. The maximum atomic E-state index is 10.8. The Bertz CT molecular complexity index is 253. The van der Waals surface area contributed by atoms with Crippen molar-refractivity contribution >= 4 is 5.97 Å². The Labute approximate surface area is 98.2 Å². The number of carboxylic acids is 1. The molecule has 0 radical (unpaired) electrons. The highest BCUT2D eigenvalue weighted by Crippen LogP contribution is 2.22. The van der Waals surface area contributed by atoms with E-state index >= 15 is 0 Å². The summed E-state index contributed by atoms with van der Waals surface area (Å²) in [5.74, 6) is -0.691. The molecule has 0 amide bonds. The quantitative estimate of drug-likeness (QED) is 0.787. The first kappa shape index (κ1) is 13.5. The molecule has 1 saturated heterocycles. The highest BCUT2D eigenvalue weighted by Gasteiger charge is 2.34. The Hall–Kier alpha value is -0.610. The van der Waals surface area contributed by atoms with Crippen LogP contribution in [0.5, 0.6) is 0 Å². The standard InChI is InChI=1S/C12H24N2O2/c1-5-10(8-11(15)16)14-7-6-13(4)12(2,3)9-14/h10H,5-9H2,1-4H3,(H,15,16). The second kappa shape index (κ2) is 5.15. The van der Waals surface area contributed by atoms with Crippen LogP contribution in [0.4, 0.5) is 0 Å². The molecule has 0 aromatic rings. The number of aliphatic carboxylic acids is 1. The first-order valence-corrected chi connectivity index (χ1v) is 6.04. The molecule has 1 heterocycles. The molecule has 0 saturated carbocycles. The Morgan fingerprint density at radius 3 is 2.50 bits per heavy atom. The van der Waals surface area contributed by atoms with E-state index in [9.17, 15) is 4.79 Å². The molecule has 1 unspecified atom stereocenters. The fourth-order valence-electron chi connectivity index (χ4n) is 2.32. The van der Waals surface area contributed by atoms with Crippen molar-refractivity contribution < 1.29 is 9.90 Å². The predicted octanol–water partition coefficient (Wildman–Crippen LogP) is 1.27. The molecule has 4 heteroatoms. The monoisotopic (exact) mass is 228 g/mol. The smallest absolute Gasteiger partial charge is 0.304 e. The van der Waals surface area contributed by atoms with Crippen molar-refractivity contribution in [2.75, 3.05) is 26.7 Å². The Morgan fingerprint density at radius 2 is 2.06 bits per heavy atom. The topological polar surface area (TPSA) is 43.8 Å². The molecule has 0 aromatic heterocycles. The van der Waals surface area contributed by atoms with E-state index in [1.54, 1.807) is 0 Å². The van der Waals surface area contributed by atoms with Crippen LogP contribution in [0.3, 0.4) is 0 Å². The van der Waals surface area contributed by atoms with Gasteiger partial charge in [0, 0.05) is 31.2 Å². The van der Waals surface area contributed by atoms with Crippen molar-refractivity contribution in [1.29, 1.82) is 0 Å². The molecular weight excluding hydrogens is 204 g/mol. The van der Waals surface area contributed by atoms with Crippen molar-refractivity contribution in [3.8, 4) is 0 Å². The SMILES string of the molecule is CCC(CC(=O)O)N1CCN(C)C(C)(C)C1. The molecule has 0 spiro atoms. The second-order valence-corrected chi connectivity index (χ2v) is 5.36. The van der Waals surface area contributed by atoms with Gasteiger partial charge in [-0.25, -0.2) is 0 Å². The minimum Gasteiger partial charge on any atom is -0.481 e. The van der Waals surface area contributed by atoms with Crippen LogP contribution in [0.2, 0.25) is 0 Å². The fourth-order valence-corrected chi connectivity index (χ4v) is 2.32. The average molecular weight is 228 g/mol. The lowest BCUT2D eigenvalue weighted by atomic mass is 9.97. The summed E-state index contributed by atoms with van der Waals surface area (Å²) in [6.45, 7) is 9.45. The van der Waals surface area contributed by atoms with E-state index in [1.165, 1.54) is 0 Å². The summed E-state index contributed by atoms with van der Waals surface area (Å²) in [4.78, 5) is 15.5. The van der Waals surface area contributed by atoms with Gasteiger partial charge >= 0.3 is 5.97 Å². The van der Waals surface area contributed by atoms with E-state index in [-0.39, 0.29) is 18.0 Å². The Kier molecular flexibility index (Phi) is 4.33. The van der Waals surface area contributed by atoms with Crippen LogP contribution >= 0.6 is 0 Å². The lowest BCUT2D eigenvalue weighted by Crippen LogP contribution is -2.59. The van der Waals surface area contributed by atoms with E-state index < -0.39 is 5.97 Å². The number of hydrogen-bond donors (Lipinski definition) is 1. The lowest BCUT2D eigenvalue weighted by molar-refractivity contribution is -0.139. The van der Waals surface area contributed by atoms with Crippen molar-refractivity contribution in [1.82, 2.24) is 9.80 Å². The second-order valence-electron chi connectivity index (χ2n) is 5.36. The number of carboxylic acid groups (broad SMARTS) is 1. The highest BCUT2D eigenvalue weighted by atomic mass is 16.4. The van der Waals surface area contributed by atoms with Gasteiger partial charge in [0.1, 0.15) is 0 Å². The van der Waals surface area contributed by atoms with Gasteiger partial charge in [-0.3, -0.25) is 14.6 Å². The third kappa shape index (κ3) is 3.19. The van der Waals surface area contributed by atoms with Crippen molar-refractivity contribution in [2.45, 2.75) is 45.2 Å². The molecular formula is C12H24N2O2. The first-order valence-electron chi connectivity index (χ1n) is 6.04. The average Bonchev–Trinajstić information content (AvgIpc) is 2.18. The summed E-state index contributed by atoms with van der Waals surface area (Å²) in [6.07, 6.45) is 1.17. The van der Waals surface area contributed by atoms with E-state index in [2.05, 4.69) is 37.6 Å².